The predicted octanol–water partition coefficient (Wildman–Crippen LogP) is 4.20. The zero-order valence-electron chi connectivity index (χ0n) is 12.2. The fourth-order valence-electron chi connectivity index (χ4n) is 1.93. The van der Waals surface area contributed by atoms with Gasteiger partial charge in [-0.2, -0.15) is 5.26 Å². The second kappa shape index (κ2) is 7.74. The van der Waals surface area contributed by atoms with E-state index in [1.54, 1.807) is 18.8 Å². The third-order valence-corrected chi connectivity index (χ3v) is 4.09. The van der Waals surface area contributed by atoms with Crippen LogP contribution >= 0.6 is 23.4 Å². The van der Waals surface area contributed by atoms with Gasteiger partial charge in [-0.15, -0.1) is 11.8 Å². The van der Waals surface area contributed by atoms with Crippen LogP contribution < -0.4 is 10.6 Å². The third kappa shape index (κ3) is 3.94. The van der Waals surface area contributed by atoms with Gasteiger partial charge in [0, 0.05) is 23.2 Å². The van der Waals surface area contributed by atoms with Gasteiger partial charge in [-0.25, -0.2) is 0 Å². The number of guanidine groups is 1. The van der Waals surface area contributed by atoms with Crippen LogP contribution in [0.3, 0.4) is 0 Å². The van der Waals surface area contributed by atoms with Crippen molar-refractivity contribution >= 4 is 35.0 Å². The second-order valence-corrected chi connectivity index (χ2v) is 5.64. The Hall–Kier alpha value is -2.16. The fraction of sp³-hybridized carbons (Fsp3) is 0.125. The van der Waals surface area contributed by atoms with Gasteiger partial charge in [-0.1, -0.05) is 29.8 Å². The highest BCUT2D eigenvalue weighted by atomic mass is 35.5. The van der Waals surface area contributed by atoms with Gasteiger partial charge in [0.1, 0.15) is 0 Å². The number of nitriles is 1. The number of nitrogens with one attached hydrogen (secondary N) is 2. The number of rotatable bonds is 3. The normalized spacial score (nSPS) is 10.9. The van der Waals surface area contributed by atoms with Crippen LogP contribution in [0.2, 0.25) is 5.02 Å². The van der Waals surface area contributed by atoms with E-state index in [0.717, 1.165) is 16.8 Å². The van der Waals surface area contributed by atoms with E-state index >= 15 is 0 Å². The minimum Gasteiger partial charge on any atom is -0.325 e. The standard InChI is InChI=1S/C16H15ClN4S/c1-19-16(20-10-18)21-12-5-8-14(15(17)9-12)11-3-6-13(22-2)7-4-11/h3-9H,1-2H3,(H2,19,20,21). The third-order valence-electron chi connectivity index (χ3n) is 3.03. The molecule has 0 aliphatic heterocycles. The summed E-state index contributed by atoms with van der Waals surface area (Å²) in [6, 6.07) is 13.9. The van der Waals surface area contributed by atoms with Gasteiger partial charge in [0.2, 0.25) is 5.96 Å². The van der Waals surface area contributed by atoms with Crippen LogP contribution in [0.1, 0.15) is 0 Å². The maximum Gasteiger partial charge on any atom is 0.208 e. The molecule has 6 heteroatoms. The molecule has 0 saturated heterocycles. The van der Waals surface area contributed by atoms with Gasteiger partial charge in [-0.3, -0.25) is 10.3 Å². The molecule has 22 heavy (non-hydrogen) atoms. The first-order chi connectivity index (χ1) is 10.7. The first-order valence-corrected chi connectivity index (χ1v) is 8.11. The number of nitrogens with zero attached hydrogens (tertiary/aromatic N) is 2. The van der Waals surface area contributed by atoms with Crippen molar-refractivity contribution in [3.8, 4) is 17.3 Å². The molecule has 0 atom stereocenters. The van der Waals surface area contributed by atoms with E-state index in [-0.39, 0.29) is 0 Å². The molecule has 0 saturated carbocycles. The molecule has 0 amide bonds. The SMILES string of the molecule is CN=C(NC#N)Nc1ccc(-c2ccc(SC)cc2)c(Cl)c1. The molecule has 0 radical (unpaired) electrons. The topological polar surface area (TPSA) is 60.2 Å². The van der Waals surface area contributed by atoms with Crippen LogP contribution in [0.4, 0.5) is 5.69 Å². The molecule has 0 unspecified atom stereocenters. The van der Waals surface area contributed by atoms with Crippen molar-refractivity contribution in [3.05, 3.63) is 47.5 Å². The molecule has 112 valence electrons. The molecule has 0 aliphatic rings. The zero-order valence-corrected chi connectivity index (χ0v) is 13.8. The van der Waals surface area contributed by atoms with E-state index in [2.05, 4.69) is 39.9 Å². The predicted molar refractivity (Wildman–Crippen MR) is 94.4 cm³/mol. The summed E-state index contributed by atoms with van der Waals surface area (Å²) >= 11 is 8.07. The largest absolute Gasteiger partial charge is 0.325 e. The van der Waals surface area contributed by atoms with E-state index in [1.165, 1.54) is 4.90 Å². The van der Waals surface area contributed by atoms with E-state index < -0.39 is 0 Å². The molecule has 0 bridgehead atoms. The summed E-state index contributed by atoms with van der Waals surface area (Å²) in [4.78, 5) is 5.14. The molecule has 2 aromatic rings. The van der Waals surface area contributed by atoms with Crippen LogP contribution in [0, 0.1) is 11.5 Å². The Kier molecular flexibility index (Phi) is 5.70. The first kappa shape index (κ1) is 16.2. The minimum absolute atomic E-state index is 0.371. The summed E-state index contributed by atoms with van der Waals surface area (Å²) in [5.41, 5.74) is 2.79. The Labute approximate surface area is 139 Å². The molecule has 0 fully saturated rings. The first-order valence-electron chi connectivity index (χ1n) is 6.51. The van der Waals surface area contributed by atoms with Crippen molar-refractivity contribution in [2.75, 3.05) is 18.6 Å². The molecule has 0 aromatic heterocycles. The Morgan fingerprint density at radius 3 is 2.50 bits per heavy atom. The van der Waals surface area contributed by atoms with Gasteiger partial charge in [0.05, 0.1) is 5.02 Å². The zero-order chi connectivity index (χ0) is 15.9. The van der Waals surface area contributed by atoms with Crippen molar-refractivity contribution in [1.82, 2.24) is 5.32 Å². The number of hydrogen-bond acceptors (Lipinski definition) is 3. The average Bonchev–Trinajstić information content (AvgIpc) is 2.55. The van der Waals surface area contributed by atoms with E-state index in [9.17, 15) is 0 Å². The van der Waals surface area contributed by atoms with E-state index in [1.807, 2.05) is 30.6 Å². The quantitative estimate of drug-likeness (QED) is 0.291. The van der Waals surface area contributed by atoms with Gasteiger partial charge in [0.25, 0.3) is 0 Å². The van der Waals surface area contributed by atoms with Crippen molar-refractivity contribution < 1.29 is 0 Å². The van der Waals surface area contributed by atoms with Gasteiger partial charge < -0.3 is 5.32 Å². The molecule has 2 aromatic carbocycles. The monoisotopic (exact) mass is 330 g/mol. The second-order valence-electron chi connectivity index (χ2n) is 4.36. The highest BCUT2D eigenvalue weighted by Gasteiger charge is 2.06. The number of aliphatic imine (C=N–C) groups is 1. The van der Waals surface area contributed by atoms with Gasteiger partial charge in [0.15, 0.2) is 6.19 Å². The molecule has 0 spiro atoms. The lowest BCUT2D eigenvalue weighted by molar-refractivity contribution is 1.21. The Bertz CT molecular complexity index is 720. The molecular weight excluding hydrogens is 316 g/mol. The highest BCUT2D eigenvalue weighted by Crippen LogP contribution is 2.31. The van der Waals surface area contributed by atoms with Crippen LogP contribution in [0.15, 0.2) is 52.4 Å². The summed E-state index contributed by atoms with van der Waals surface area (Å²) in [6.45, 7) is 0. The summed E-state index contributed by atoms with van der Waals surface area (Å²) < 4.78 is 0. The summed E-state index contributed by atoms with van der Waals surface area (Å²) in [5, 5.41) is 14.7. The molecule has 0 heterocycles. The van der Waals surface area contributed by atoms with Crippen LogP contribution in [-0.2, 0) is 0 Å². The van der Waals surface area contributed by atoms with Crippen LogP contribution in [-0.4, -0.2) is 19.3 Å². The lowest BCUT2D eigenvalue weighted by atomic mass is 10.1. The minimum atomic E-state index is 0.371. The van der Waals surface area contributed by atoms with Crippen molar-refractivity contribution in [3.63, 3.8) is 0 Å². The lowest BCUT2D eigenvalue weighted by Gasteiger charge is -2.10. The number of thioether (sulfide) groups is 1. The molecule has 0 aliphatic carbocycles. The maximum absolute atomic E-state index is 8.63. The molecular formula is C16H15ClN4S. The number of hydrogen-bond donors (Lipinski definition) is 2. The van der Waals surface area contributed by atoms with Crippen molar-refractivity contribution in [2.24, 2.45) is 4.99 Å². The summed E-state index contributed by atoms with van der Waals surface area (Å²) in [5.74, 6) is 0.371. The van der Waals surface area contributed by atoms with Crippen LogP contribution in [0.5, 0.6) is 0 Å². The van der Waals surface area contributed by atoms with Crippen molar-refractivity contribution in [1.29, 1.82) is 5.26 Å². The Morgan fingerprint density at radius 2 is 1.95 bits per heavy atom. The smallest absolute Gasteiger partial charge is 0.208 e. The molecule has 2 rings (SSSR count). The van der Waals surface area contributed by atoms with Gasteiger partial charge >= 0.3 is 0 Å². The average molecular weight is 331 g/mol. The summed E-state index contributed by atoms with van der Waals surface area (Å²) in [6.07, 6.45) is 3.87. The lowest BCUT2D eigenvalue weighted by Crippen LogP contribution is -2.26. The number of anilines is 1. The Balaban J connectivity index is 2.24. The van der Waals surface area contributed by atoms with E-state index in [4.69, 9.17) is 16.9 Å². The maximum atomic E-state index is 8.63. The molecule has 2 N–H and O–H groups in total. The Morgan fingerprint density at radius 1 is 1.23 bits per heavy atom. The summed E-state index contributed by atoms with van der Waals surface area (Å²) in [7, 11) is 1.59. The number of halogens is 1. The van der Waals surface area contributed by atoms with Crippen LogP contribution in [0.25, 0.3) is 11.1 Å². The van der Waals surface area contributed by atoms with Gasteiger partial charge in [-0.05, 0) is 36.1 Å². The molecule has 4 nitrogen and oxygen atoms in total. The van der Waals surface area contributed by atoms with Crippen molar-refractivity contribution in [2.45, 2.75) is 4.90 Å². The van der Waals surface area contributed by atoms with E-state index in [0.29, 0.717) is 11.0 Å². The number of benzene rings is 2. The highest BCUT2D eigenvalue weighted by molar-refractivity contribution is 7.98. The fourth-order valence-corrected chi connectivity index (χ4v) is 2.63.